The summed E-state index contributed by atoms with van der Waals surface area (Å²) in [4.78, 5) is 3.11. The summed E-state index contributed by atoms with van der Waals surface area (Å²) in [5.74, 6) is -6.98. The first-order valence-corrected chi connectivity index (χ1v) is 15.0. The van der Waals surface area contributed by atoms with E-state index in [1.165, 1.54) is 19.9 Å². The van der Waals surface area contributed by atoms with Gasteiger partial charge in [-0.3, -0.25) is 18.9 Å². The molecule has 2 aromatic carbocycles. The van der Waals surface area contributed by atoms with Gasteiger partial charge in [-0.05, 0) is 56.0 Å². The van der Waals surface area contributed by atoms with Crippen molar-refractivity contribution in [1.29, 1.82) is 0 Å². The zero-order valence-corrected chi connectivity index (χ0v) is 23.6. The summed E-state index contributed by atoms with van der Waals surface area (Å²) in [5, 5.41) is 12.2. The molecule has 0 bridgehead atoms. The number of aliphatic hydroxyl groups excluding tert-OH is 1. The van der Waals surface area contributed by atoms with E-state index in [9.17, 15) is 26.7 Å². The number of aliphatic hydroxyl groups is 1. The third-order valence-corrected chi connectivity index (χ3v) is 8.84. The van der Waals surface area contributed by atoms with Crippen LogP contribution in [0.3, 0.4) is 0 Å². The van der Waals surface area contributed by atoms with Gasteiger partial charge in [0, 0.05) is 36.9 Å². The smallest absolute Gasteiger partial charge is 0.283 e. The summed E-state index contributed by atoms with van der Waals surface area (Å²) in [7, 11) is -3.85. The lowest BCUT2D eigenvalue weighted by Gasteiger charge is -2.44. The van der Waals surface area contributed by atoms with Crippen molar-refractivity contribution < 1.29 is 39.9 Å². The van der Waals surface area contributed by atoms with Crippen LogP contribution in [-0.4, -0.2) is 86.5 Å². The molecule has 4 rings (SSSR count). The Bertz CT molecular complexity index is 1330. The Labute approximate surface area is 235 Å². The minimum absolute atomic E-state index is 0.00907. The number of alkyl halides is 3. The van der Waals surface area contributed by atoms with E-state index in [2.05, 4.69) is 10.0 Å². The zero-order valence-electron chi connectivity index (χ0n) is 22.7. The predicted molar refractivity (Wildman–Crippen MR) is 144 cm³/mol. The lowest BCUT2D eigenvalue weighted by atomic mass is 9.83. The molecule has 2 heterocycles. The van der Waals surface area contributed by atoms with Crippen LogP contribution in [0.25, 0.3) is 0 Å². The molecule has 3 N–H and O–H groups in total. The Morgan fingerprint density at radius 3 is 2.37 bits per heavy atom. The molecule has 0 radical (unpaired) electrons. The van der Waals surface area contributed by atoms with Crippen molar-refractivity contribution in [3.63, 3.8) is 0 Å². The lowest BCUT2D eigenvalue weighted by molar-refractivity contribution is -0.0868. The van der Waals surface area contributed by atoms with Crippen LogP contribution in [0.15, 0.2) is 24.3 Å². The Balaban J connectivity index is 1.72. The molecule has 0 spiro atoms. The van der Waals surface area contributed by atoms with Crippen molar-refractivity contribution in [2.45, 2.75) is 50.7 Å². The molecular formula is C27H34F6N4O3S. The lowest BCUT2D eigenvalue weighted by Crippen LogP contribution is -2.54. The van der Waals surface area contributed by atoms with Crippen LogP contribution in [0.5, 0.6) is 0 Å². The molecule has 2 aliphatic rings. The first kappa shape index (κ1) is 31.4. The van der Waals surface area contributed by atoms with Crippen LogP contribution in [0, 0.1) is 17.5 Å². The molecule has 41 heavy (non-hydrogen) atoms. The molecule has 0 aromatic heterocycles. The molecular weight excluding hydrogens is 574 g/mol. The van der Waals surface area contributed by atoms with Gasteiger partial charge >= 0.3 is 0 Å². The van der Waals surface area contributed by atoms with Crippen LogP contribution in [-0.2, 0) is 16.4 Å². The minimum atomic E-state index is -3.85. The highest BCUT2D eigenvalue weighted by molar-refractivity contribution is 7.92. The summed E-state index contributed by atoms with van der Waals surface area (Å²) in [5.41, 5.74) is -0.837. The Morgan fingerprint density at radius 2 is 1.78 bits per heavy atom. The van der Waals surface area contributed by atoms with Gasteiger partial charge in [-0.25, -0.2) is 30.4 Å². The fourth-order valence-electron chi connectivity index (χ4n) is 5.44. The zero-order chi connectivity index (χ0) is 30.1. The number of anilines is 2. The van der Waals surface area contributed by atoms with Gasteiger partial charge in [-0.1, -0.05) is 6.07 Å². The van der Waals surface area contributed by atoms with Crippen molar-refractivity contribution in [2.24, 2.45) is 0 Å². The van der Waals surface area contributed by atoms with E-state index in [0.29, 0.717) is 26.1 Å². The van der Waals surface area contributed by atoms with Gasteiger partial charge in [0.05, 0.1) is 36.7 Å². The van der Waals surface area contributed by atoms with E-state index in [-0.39, 0.29) is 40.7 Å². The highest BCUT2D eigenvalue weighted by Gasteiger charge is 2.43. The first-order chi connectivity index (χ1) is 19.3. The number of benzene rings is 2. The second kappa shape index (κ2) is 12.4. The van der Waals surface area contributed by atoms with Gasteiger partial charge in [0.2, 0.25) is 10.0 Å². The predicted octanol–water partition coefficient (Wildman–Crippen LogP) is 4.28. The fraction of sp³-hybridized carbons (Fsp3) is 0.556. The second-order valence-corrected chi connectivity index (χ2v) is 12.7. The molecule has 7 nitrogen and oxygen atoms in total. The standard InChI is InChI=1S/C27H34F6N4O3S/c1-3-41(39,40)35-23-6-5-19-20(25(23)31)9-16(2)37(14-27(32,33)15-38)26(19)24-21(29)10-17(11-22(24)30)34-18-12-36(13-18)8-4-7-28/h5-6,10-11,16,18,26,34-35,38H,3-4,7-9,12-15H2,1-2H3. The molecule has 2 atom stereocenters. The third-order valence-electron chi connectivity index (χ3n) is 7.55. The van der Waals surface area contributed by atoms with E-state index in [0.717, 1.165) is 23.1 Å². The van der Waals surface area contributed by atoms with Gasteiger partial charge < -0.3 is 10.4 Å². The molecule has 1 saturated heterocycles. The summed E-state index contributed by atoms with van der Waals surface area (Å²) < 4.78 is 115. The minimum Gasteiger partial charge on any atom is -0.390 e. The number of fused-ring (bicyclic) bond motifs is 1. The van der Waals surface area contributed by atoms with Crippen LogP contribution in [0.1, 0.15) is 43.0 Å². The molecule has 0 aliphatic carbocycles. The molecule has 14 heteroatoms. The number of hydrogen-bond donors (Lipinski definition) is 3. The fourth-order valence-corrected chi connectivity index (χ4v) is 6.08. The third kappa shape index (κ3) is 6.92. The maximum Gasteiger partial charge on any atom is 0.283 e. The summed E-state index contributed by atoms with van der Waals surface area (Å²) >= 11 is 0. The van der Waals surface area contributed by atoms with E-state index in [4.69, 9.17) is 0 Å². The molecule has 2 aromatic rings. The van der Waals surface area contributed by atoms with Crippen LogP contribution in [0.4, 0.5) is 37.7 Å². The van der Waals surface area contributed by atoms with Crippen molar-refractivity contribution in [1.82, 2.24) is 9.80 Å². The van der Waals surface area contributed by atoms with Crippen LogP contribution < -0.4 is 10.0 Å². The van der Waals surface area contributed by atoms with Crippen LogP contribution >= 0.6 is 0 Å². The van der Waals surface area contributed by atoms with Gasteiger partial charge in [0.25, 0.3) is 5.92 Å². The molecule has 0 saturated carbocycles. The topological polar surface area (TPSA) is 84.9 Å². The van der Waals surface area contributed by atoms with Gasteiger partial charge in [-0.15, -0.1) is 0 Å². The molecule has 228 valence electrons. The van der Waals surface area contributed by atoms with E-state index in [1.54, 1.807) is 0 Å². The van der Waals surface area contributed by atoms with Crippen LogP contribution in [0.2, 0.25) is 0 Å². The summed E-state index contributed by atoms with van der Waals surface area (Å²) in [6.45, 7) is 1.56. The van der Waals surface area contributed by atoms with Crippen molar-refractivity contribution in [2.75, 3.05) is 55.3 Å². The normalized spacial score (nSPS) is 20.5. The highest BCUT2D eigenvalue weighted by Crippen LogP contribution is 2.44. The monoisotopic (exact) mass is 608 g/mol. The Hall–Kier alpha value is -2.55. The van der Waals surface area contributed by atoms with Gasteiger partial charge in [-0.2, -0.15) is 0 Å². The van der Waals surface area contributed by atoms with E-state index in [1.807, 2.05) is 4.90 Å². The van der Waals surface area contributed by atoms with Gasteiger partial charge in [0.1, 0.15) is 18.2 Å². The number of hydrogen-bond acceptors (Lipinski definition) is 6. The SMILES string of the molecule is CCS(=O)(=O)Nc1ccc2c(c1F)CC(C)N(CC(F)(F)CO)C2c1c(F)cc(NC2CN(CCCF)C2)cc1F. The van der Waals surface area contributed by atoms with E-state index >= 15 is 13.2 Å². The molecule has 0 amide bonds. The average Bonchev–Trinajstić information content (AvgIpc) is 2.88. The summed E-state index contributed by atoms with van der Waals surface area (Å²) in [6.07, 6.45) is 0.245. The Kier molecular flexibility index (Phi) is 9.46. The molecule has 2 unspecified atom stereocenters. The highest BCUT2D eigenvalue weighted by atomic mass is 32.2. The quantitative estimate of drug-likeness (QED) is 0.312. The number of sulfonamides is 1. The molecule has 2 aliphatic heterocycles. The maximum atomic E-state index is 15.7. The first-order valence-electron chi connectivity index (χ1n) is 13.4. The maximum absolute atomic E-state index is 15.7. The average molecular weight is 609 g/mol. The number of nitrogens with zero attached hydrogens (tertiary/aromatic N) is 2. The number of halogens is 6. The Morgan fingerprint density at radius 1 is 1.12 bits per heavy atom. The summed E-state index contributed by atoms with van der Waals surface area (Å²) in [6, 6.07) is 2.00. The number of rotatable bonds is 12. The number of nitrogens with one attached hydrogen (secondary N) is 2. The van der Waals surface area contributed by atoms with Crippen molar-refractivity contribution in [3.8, 4) is 0 Å². The largest absolute Gasteiger partial charge is 0.390 e. The molecule has 1 fully saturated rings. The second-order valence-electron chi connectivity index (χ2n) is 10.6. The van der Waals surface area contributed by atoms with Gasteiger partial charge in [0.15, 0.2) is 5.82 Å². The van der Waals surface area contributed by atoms with E-state index < -0.39 is 70.9 Å². The van der Waals surface area contributed by atoms with Crippen molar-refractivity contribution >= 4 is 21.4 Å². The van der Waals surface area contributed by atoms with Crippen molar-refractivity contribution in [3.05, 3.63) is 58.4 Å². The number of likely N-dealkylation sites (tertiary alicyclic amines) is 1.